The zero-order valence-electron chi connectivity index (χ0n) is 7.70. The standard InChI is InChI=1S/C9H9FO3S/c1-13-7-6(10)4-3-5(9(11)12)8(7)14-2/h3-4H,1-2H3,(H,11,12). The van der Waals surface area contributed by atoms with Crippen molar-refractivity contribution in [2.45, 2.75) is 4.90 Å². The predicted molar refractivity (Wildman–Crippen MR) is 51.7 cm³/mol. The number of aromatic carboxylic acids is 1. The summed E-state index contributed by atoms with van der Waals surface area (Å²) in [6.45, 7) is 0. The van der Waals surface area contributed by atoms with E-state index >= 15 is 0 Å². The Morgan fingerprint density at radius 3 is 2.64 bits per heavy atom. The van der Waals surface area contributed by atoms with E-state index in [4.69, 9.17) is 9.84 Å². The van der Waals surface area contributed by atoms with E-state index in [2.05, 4.69) is 0 Å². The van der Waals surface area contributed by atoms with Gasteiger partial charge in [-0.3, -0.25) is 0 Å². The molecule has 0 aliphatic carbocycles. The summed E-state index contributed by atoms with van der Waals surface area (Å²) in [5, 5.41) is 8.82. The number of thioether (sulfide) groups is 1. The molecule has 0 saturated heterocycles. The van der Waals surface area contributed by atoms with Gasteiger partial charge in [0.05, 0.1) is 17.6 Å². The average Bonchev–Trinajstić information content (AvgIpc) is 2.16. The zero-order chi connectivity index (χ0) is 10.7. The summed E-state index contributed by atoms with van der Waals surface area (Å²) in [5.41, 5.74) is 0.0516. The average molecular weight is 216 g/mol. The first-order valence-corrected chi connectivity index (χ1v) is 4.98. The van der Waals surface area contributed by atoms with Crippen LogP contribution in [-0.4, -0.2) is 24.4 Å². The molecule has 0 heterocycles. The lowest BCUT2D eigenvalue weighted by Gasteiger charge is -2.09. The fourth-order valence-electron chi connectivity index (χ4n) is 1.10. The summed E-state index contributed by atoms with van der Waals surface area (Å²) in [6, 6.07) is 2.31. The molecule has 0 saturated carbocycles. The second-order valence-electron chi connectivity index (χ2n) is 2.47. The second-order valence-corrected chi connectivity index (χ2v) is 3.28. The third-order valence-corrected chi connectivity index (χ3v) is 2.52. The third-order valence-electron chi connectivity index (χ3n) is 1.70. The van der Waals surface area contributed by atoms with Gasteiger partial charge in [0.15, 0.2) is 11.6 Å². The number of carboxylic acid groups (broad SMARTS) is 1. The number of benzene rings is 1. The fourth-order valence-corrected chi connectivity index (χ4v) is 1.84. The quantitative estimate of drug-likeness (QED) is 0.787. The Morgan fingerprint density at radius 1 is 1.57 bits per heavy atom. The number of halogens is 1. The Hall–Kier alpha value is -1.23. The van der Waals surface area contributed by atoms with E-state index in [1.54, 1.807) is 6.26 Å². The van der Waals surface area contributed by atoms with Crippen molar-refractivity contribution < 1.29 is 19.0 Å². The minimum Gasteiger partial charge on any atom is -0.492 e. The molecule has 5 heteroatoms. The van der Waals surface area contributed by atoms with Crippen LogP contribution < -0.4 is 4.74 Å². The first-order chi connectivity index (χ1) is 6.61. The summed E-state index contributed by atoms with van der Waals surface area (Å²) in [7, 11) is 1.31. The maximum Gasteiger partial charge on any atom is 0.336 e. The molecule has 0 radical (unpaired) electrons. The van der Waals surface area contributed by atoms with Crippen LogP contribution in [0.25, 0.3) is 0 Å². The van der Waals surface area contributed by atoms with Crippen molar-refractivity contribution in [3.05, 3.63) is 23.5 Å². The molecule has 0 fully saturated rings. The third kappa shape index (κ3) is 1.82. The molecule has 1 aromatic rings. The van der Waals surface area contributed by atoms with Crippen molar-refractivity contribution in [1.82, 2.24) is 0 Å². The molecule has 0 unspecified atom stereocenters. The van der Waals surface area contributed by atoms with Crippen LogP contribution in [0.4, 0.5) is 4.39 Å². The molecule has 0 aromatic heterocycles. The van der Waals surface area contributed by atoms with Gasteiger partial charge in [-0.1, -0.05) is 0 Å². The molecule has 0 atom stereocenters. The van der Waals surface area contributed by atoms with E-state index in [1.165, 1.54) is 13.2 Å². The molecule has 0 aliphatic rings. The van der Waals surface area contributed by atoms with E-state index in [9.17, 15) is 9.18 Å². The minimum atomic E-state index is -1.09. The number of rotatable bonds is 3. The van der Waals surface area contributed by atoms with Crippen LogP contribution in [-0.2, 0) is 0 Å². The van der Waals surface area contributed by atoms with E-state index < -0.39 is 11.8 Å². The number of methoxy groups -OCH3 is 1. The molecule has 76 valence electrons. The molecule has 1 aromatic carbocycles. The van der Waals surface area contributed by atoms with E-state index in [1.807, 2.05) is 0 Å². The van der Waals surface area contributed by atoms with Gasteiger partial charge in [0.25, 0.3) is 0 Å². The minimum absolute atomic E-state index is 0.0163. The smallest absolute Gasteiger partial charge is 0.336 e. The normalized spacial score (nSPS) is 9.93. The first-order valence-electron chi connectivity index (χ1n) is 3.75. The van der Waals surface area contributed by atoms with Crippen LogP contribution in [0.15, 0.2) is 17.0 Å². The lowest BCUT2D eigenvalue weighted by Crippen LogP contribution is -2.02. The van der Waals surface area contributed by atoms with Gasteiger partial charge >= 0.3 is 5.97 Å². The Morgan fingerprint density at radius 2 is 2.21 bits per heavy atom. The maximum atomic E-state index is 13.1. The van der Waals surface area contributed by atoms with Crippen LogP contribution in [0.3, 0.4) is 0 Å². The van der Waals surface area contributed by atoms with Crippen LogP contribution in [0.2, 0.25) is 0 Å². The Balaban J connectivity index is 3.40. The molecule has 0 aliphatic heterocycles. The molecule has 14 heavy (non-hydrogen) atoms. The molecular formula is C9H9FO3S. The second kappa shape index (κ2) is 4.32. The van der Waals surface area contributed by atoms with Gasteiger partial charge in [0, 0.05) is 0 Å². The van der Waals surface area contributed by atoms with Crippen molar-refractivity contribution >= 4 is 17.7 Å². The Bertz CT molecular complexity index is 365. The Kier molecular flexibility index (Phi) is 3.35. The molecule has 1 N–H and O–H groups in total. The highest BCUT2D eigenvalue weighted by Gasteiger charge is 2.17. The maximum absolute atomic E-state index is 13.1. The van der Waals surface area contributed by atoms with E-state index in [-0.39, 0.29) is 11.3 Å². The summed E-state index contributed by atoms with van der Waals surface area (Å²) >= 11 is 1.14. The molecule has 0 bridgehead atoms. The monoisotopic (exact) mass is 216 g/mol. The highest BCUT2D eigenvalue weighted by molar-refractivity contribution is 7.98. The van der Waals surface area contributed by atoms with Gasteiger partial charge < -0.3 is 9.84 Å². The largest absolute Gasteiger partial charge is 0.492 e. The van der Waals surface area contributed by atoms with E-state index in [0.29, 0.717) is 4.90 Å². The molecule has 3 nitrogen and oxygen atoms in total. The van der Waals surface area contributed by atoms with Crippen LogP contribution >= 0.6 is 11.8 Å². The number of carboxylic acids is 1. The summed E-state index contributed by atoms with van der Waals surface area (Å²) < 4.78 is 17.9. The van der Waals surface area contributed by atoms with Crippen LogP contribution in [0.1, 0.15) is 10.4 Å². The van der Waals surface area contributed by atoms with Crippen molar-refractivity contribution in [3.8, 4) is 5.75 Å². The van der Waals surface area contributed by atoms with Gasteiger partial charge in [0.1, 0.15) is 0 Å². The van der Waals surface area contributed by atoms with E-state index in [0.717, 1.165) is 17.8 Å². The molecule has 1 rings (SSSR count). The number of hydrogen-bond acceptors (Lipinski definition) is 3. The number of carbonyl (C=O) groups is 1. The van der Waals surface area contributed by atoms with Crippen molar-refractivity contribution in [3.63, 3.8) is 0 Å². The SMILES string of the molecule is COc1c(F)ccc(C(=O)O)c1SC. The van der Waals surface area contributed by atoms with Crippen LogP contribution in [0.5, 0.6) is 5.75 Å². The summed E-state index contributed by atoms with van der Waals surface area (Å²) in [4.78, 5) is 11.1. The van der Waals surface area contributed by atoms with Crippen molar-refractivity contribution in [2.24, 2.45) is 0 Å². The lowest BCUT2D eigenvalue weighted by atomic mass is 10.2. The van der Waals surface area contributed by atoms with Gasteiger partial charge in [0.2, 0.25) is 0 Å². The number of hydrogen-bond donors (Lipinski definition) is 1. The fraction of sp³-hybridized carbons (Fsp3) is 0.222. The van der Waals surface area contributed by atoms with Gasteiger partial charge in [-0.15, -0.1) is 11.8 Å². The highest BCUT2D eigenvalue weighted by atomic mass is 32.2. The lowest BCUT2D eigenvalue weighted by molar-refractivity contribution is 0.0692. The molecule has 0 spiro atoms. The molecular weight excluding hydrogens is 207 g/mol. The van der Waals surface area contributed by atoms with Gasteiger partial charge in [-0.2, -0.15) is 0 Å². The van der Waals surface area contributed by atoms with Gasteiger partial charge in [-0.25, -0.2) is 9.18 Å². The van der Waals surface area contributed by atoms with Gasteiger partial charge in [-0.05, 0) is 18.4 Å². The first kappa shape index (κ1) is 10.8. The van der Waals surface area contributed by atoms with Crippen molar-refractivity contribution in [2.75, 3.05) is 13.4 Å². The predicted octanol–water partition coefficient (Wildman–Crippen LogP) is 2.25. The summed E-state index contributed by atoms with van der Waals surface area (Å²) in [6.07, 6.45) is 1.67. The molecule has 0 amide bonds. The number of ether oxygens (including phenoxy) is 1. The topological polar surface area (TPSA) is 46.5 Å². The van der Waals surface area contributed by atoms with Crippen LogP contribution in [0, 0.1) is 5.82 Å². The summed E-state index contributed by atoms with van der Waals surface area (Å²) in [5.74, 6) is -1.66. The highest BCUT2D eigenvalue weighted by Crippen LogP contribution is 2.33. The Labute approximate surface area is 84.9 Å². The van der Waals surface area contributed by atoms with Crippen molar-refractivity contribution in [1.29, 1.82) is 0 Å². The zero-order valence-corrected chi connectivity index (χ0v) is 8.52.